The Morgan fingerprint density at radius 2 is 2.38 bits per heavy atom. The van der Waals surface area contributed by atoms with E-state index in [0.29, 0.717) is 18.1 Å². The maximum atomic E-state index is 12.5. The summed E-state index contributed by atoms with van der Waals surface area (Å²) in [5, 5.41) is 15.8. The van der Waals surface area contributed by atoms with Gasteiger partial charge in [0.05, 0.1) is 6.04 Å². The van der Waals surface area contributed by atoms with Gasteiger partial charge in [-0.05, 0) is 25.8 Å². The SMILES string of the molecule is Cc1cc(C2CCCN2C(=O)COc2ccc3nncn3n2)no1. The number of nitrogens with zero attached hydrogens (tertiary/aromatic N) is 6. The smallest absolute Gasteiger partial charge is 0.261 e. The highest BCUT2D eigenvalue weighted by Gasteiger charge is 2.32. The van der Waals surface area contributed by atoms with Crippen molar-refractivity contribution in [3.05, 3.63) is 36.0 Å². The van der Waals surface area contributed by atoms with Crippen molar-refractivity contribution in [1.29, 1.82) is 0 Å². The molecule has 9 nitrogen and oxygen atoms in total. The van der Waals surface area contributed by atoms with E-state index < -0.39 is 0 Å². The molecule has 1 atom stereocenters. The summed E-state index contributed by atoms with van der Waals surface area (Å²) in [6, 6.07) is 5.22. The van der Waals surface area contributed by atoms with Gasteiger partial charge < -0.3 is 14.2 Å². The second-order valence-corrected chi connectivity index (χ2v) is 5.70. The second-order valence-electron chi connectivity index (χ2n) is 5.70. The number of amides is 1. The normalized spacial score (nSPS) is 17.5. The van der Waals surface area contributed by atoms with Gasteiger partial charge in [0.15, 0.2) is 12.3 Å². The van der Waals surface area contributed by atoms with E-state index in [2.05, 4.69) is 20.5 Å². The number of hydrogen-bond donors (Lipinski definition) is 0. The summed E-state index contributed by atoms with van der Waals surface area (Å²) in [4.78, 5) is 14.3. The molecule has 0 bridgehead atoms. The lowest BCUT2D eigenvalue weighted by molar-refractivity contribution is -0.134. The molecule has 1 aliphatic rings. The molecule has 0 spiro atoms. The Morgan fingerprint density at radius 3 is 3.21 bits per heavy atom. The monoisotopic (exact) mass is 328 g/mol. The highest BCUT2D eigenvalue weighted by molar-refractivity contribution is 5.78. The first-order valence-corrected chi connectivity index (χ1v) is 7.73. The van der Waals surface area contributed by atoms with Gasteiger partial charge in [-0.25, -0.2) is 0 Å². The number of ether oxygens (including phenoxy) is 1. The number of aryl methyl sites for hydroxylation is 1. The predicted octanol–water partition coefficient (Wildman–Crippen LogP) is 1.16. The van der Waals surface area contributed by atoms with Gasteiger partial charge >= 0.3 is 0 Å². The lowest BCUT2D eigenvalue weighted by Crippen LogP contribution is -2.34. The number of carbonyl (C=O) groups excluding carboxylic acids is 1. The molecule has 0 aromatic carbocycles. The minimum absolute atomic E-state index is 0.0492. The number of hydrogen-bond acceptors (Lipinski definition) is 7. The van der Waals surface area contributed by atoms with Crippen molar-refractivity contribution in [2.75, 3.05) is 13.2 Å². The van der Waals surface area contributed by atoms with Crippen LogP contribution in [0.25, 0.3) is 5.65 Å². The van der Waals surface area contributed by atoms with Gasteiger partial charge in [0, 0.05) is 18.7 Å². The summed E-state index contributed by atoms with van der Waals surface area (Å²) < 4.78 is 12.1. The highest BCUT2D eigenvalue weighted by atomic mass is 16.5. The number of likely N-dealkylation sites (tertiary alicyclic amines) is 1. The molecule has 4 rings (SSSR count). The third-order valence-electron chi connectivity index (χ3n) is 4.04. The number of carbonyl (C=O) groups is 1. The molecule has 0 aliphatic carbocycles. The Hall–Kier alpha value is -2.97. The number of rotatable bonds is 4. The zero-order valence-electron chi connectivity index (χ0n) is 13.1. The summed E-state index contributed by atoms with van der Waals surface area (Å²) in [6.45, 7) is 2.46. The molecule has 24 heavy (non-hydrogen) atoms. The van der Waals surface area contributed by atoms with E-state index >= 15 is 0 Å². The summed E-state index contributed by atoms with van der Waals surface area (Å²) in [5.74, 6) is 1.000. The molecule has 1 fully saturated rings. The molecule has 124 valence electrons. The van der Waals surface area contributed by atoms with Crippen LogP contribution in [0, 0.1) is 6.92 Å². The first-order valence-electron chi connectivity index (χ1n) is 7.73. The summed E-state index contributed by atoms with van der Waals surface area (Å²) in [6.07, 6.45) is 3.29. The molecule has 3 aromatic heterocycles. The minimum Gasteiger partial charge on any atom is -0.467 e. The maximum Gasteiger partial charge on any atom is 0.261 e. The molecular formula is C15H16N6O3. The summed E-state index contributed by atoms with van der Waals surface area (Å²) >= 11 is 0. The first kappa shape index (κ1) is 14.6. The van der Waals surface area contributed by atoms with Crippen LogP contribution in [0.1, 0.15) is 30.3 Å². The van der Waals surface area contributed by atoms with E-state index in [4.69, 9.17) is 9.26 Å². The van der Waals surface area contributed by atoms with E-state index in [1.165, 1.54) is 10.8 Å². The summed E-state index contributed by atoms with van der Waals surface area (Å²) in [5.41, 5.74) is 1.41. The van der Waals surface area contributed by atoms with Crippen LogP contribution in [0.5, 0.6) is 5.88 Å². The van der Waals surface area contributed by atoms with E-state index in [-0.39, 0.29) is 18.6 Å². The Kier molecular flexibility index (Phi) is 3.60. The van der Waals surface area contributed by atoms with E-state index in [1.807, 2.05) is 13.0 Å². The molecule has 1 amide bonds. The Bertz CT molecular complexity index is 873. The van der Waals surface area contributed by atoms with Crippen LogP contribution < -0.4 is 4.74 Å². The average molecular weight is 328 g/mol. The Balaban J connectivity index is 1.43. The lowest BCUT2D eigenvalue weighted by atomic mass is 10.1. The lowest BCUT2D eigenvalue weighted by Gasteiger charge is -2.22. The van der Waals surface area contributed by atoms with Crippen LogP contribution >= 0.6 is 0 Å². The average Bonchev–Trinajstić information content (AvgIpc) is 3.31. The van der Waals surface area contributed by atoms with Gasteiger partial charge in [-0.1, -0.05) is 5.16 Å². The molecule has 0 radical (unpaired) electrons. The molecule has 1 aliphatic heterocycles. The van der Waals surface area contributed by atoms with Gasteiger partial charge in [0.1, 0.15) is 17.8 Å². The fraction of sp³-hybridized carbons (Fsp3) is 0.400. The first-order chi connectivity index (χ1) is 11.7. The number of fused-ring (bicyclic) bond motifs is 1. The topological polar surface area (TPSA) is 98.7 Å². The highest BCUT2D eigenvalue weighted by Crippen LogP contribution is 2.31. The predicted molar refractivity (Wildman–Crippen MR) is 81.2 cm³/mol. The van der Waals surface area contributed by atoms with Crippen LogP contribution in [-0.4, -0.2) is 48.9 Å². The third kappa shape index (κ3) is 2.68. The number of aromatic nitrogens is 5. The van der Waals surface area contributed by atoms with Crippen molar-refractivity contribution in [2.24, 2.45) is 0 Å². The fourth-order valence-electron chi connectivity index (χ4n) is 2.92. The van der Waals surface area contributed by atoms with Crippen molar-refractivity contribution in [3.63, 3.8) is 0 Å². The molecule has 4 heterocycles. The molecule has 1 saturated heterocycles. The van der Waals surface area contributed by atoms with Gasteiger partial charge in [-0.2, -0.15) is 4.52 Å². The van der Waals surface area contributed by atoms with Gasteiger partial charge in [-0.15, -0.1) is 15.3 Å². The van der Waals surface area contributed by atoms with Crippen LogP contribution in [0.3, 0.4) is 0 Å². The van der Waals surface area contributed by atoms with Gasteiger partial charge in [0.2, 0.25) is 5.88 Å². The van der Waals surface area contributed by atoms with Crippen molar-refractivity contribution in [3.8, 4) is 5.88 Å². The van der Waals surface area contributed by atoms with Gasteiger partial charge in [0.25, 0.3) is 5.91 Å². The van der Waals surface area contributed by atoms with Crippen molar-refractivity contribution in [2.45, 2.75) is 25.8 Å². The Morgan fingerprint density at radius 1 is 1.46 bits per heavy atom. The van der Waals surface area contributed by atoms with Crippen LogP contribution in [0.4, 0.5) is 0 Å². The summed E-state index contributed by atoms with van der Waals surface area (Å²) in [7, 11) is 0. The second kappa shape index (κ2) is 5.91. The third-order valence-corrected chi connectivity index (χ3v) is 4.04. The fourth-order valence-corrected chi connectivity index (χ4v) is 2.92. The van der Waals surface area contributed by atoms with E-state index in [1.54, 1.807) is 17.0 Å². The zero-order chi connectivity index (χ0) is 16.5. The standard InChI is InChI=1S/C15H16N6O3/c1-10-7-11(19-24-10)12-3-2-6-20(12)15(22)8-23-14-5-4-13-17-16-9-21(13)18-14/h4-5,7,9,12H,2-3,6,8H2,1H3. The maximum absolute atomic E-state index is 12.5. The quantitative estimate of drug-likeness (QED) is 0.708. The van der Waals surface area contributed by atoms with E-state index in [0.717, 1.165) is 24.3 Å². The molecular weight excluding hydrogens is 312 g/mol. The van der Waals surface area contributed by atoms with Gasteiger partial charge in [-0.3, -0.25) is 4.79 Å². The largest absolute Gasteiger partial charge is 0.467 e. The van der Waals surface area contributed by atoms with Crippen molar-refractivity contribution in [1.82, 2.24) is 29.9 Å². The Labute approximate surface area is 137 Å². The van der Waals surface area contributed by atoms with Crippen LogP contribution in [0.2, 0.25) is 0 Å². The molecule has 0 N–H and O–H groups in total. The van der Waals surface area contributed by atoms with E-state index in [9.17, 15) is 4.79 Å². The molecule has 9 heteroatoms. The van der Waals surface area contributed by atoms with Crippen molar-refractivity contribution < 1.29 is 14.1 Å². The molecule has 1 unspecified atom stereocenters. The zero-order valence-corrected chi connectivity index (χ0v) is 13.1. The molecule has 0 saturated carbocycles. The molecule has 3 aromatic rings. The van der Waals surface area contributed by atoms with Crippen LogP contribution in [-0.2, 0) is 4.79 Å². The van der Waals surface area contributed by atoms with Crippen molar-refractivity contribution >= 4 is 11.6 Å². The van der Waals surface area contributed by atoms with Crippen LogP contribution in [0.15, 0.2) is 29.0 Å². The minimum atomic E-state index is -0.0937.